The summed E-state index contributed by atoms with van der Waals surface area (Å²) in [7, 11) is 0. The Morgan fingerprint density at radius 2 is 1.27 bits per heavy atom. The lowest BCUT2D eigenvalue weighted by molar-refractivity contribution is 0.669. The van der Waals surface area contributed by atoms with Gasteiger partial charge in [0.25, 0.3) is 0 Å². The Hall–Kier alpha value is -5.78. The number of furan rings is 1. The van der Waals surface area contributed by atoms with E-state index < -0.39 is 0 Å². The molecule has 0 spiro atoms. The first kappa shape index (κ1) is 24.6. The van der Waals surface area contributed by atoms with Crippen molar-refractivity contribution in [1.29, 1.82) is 0 Å². The Labute approximate surface area is 261 Å². The maximum Gasteiger partial charge on any atom is 0.163 e. The molecule has 0 aliphatic heterocycles. The maximum absolute atomic E-state index is 6.31. The zero-order valence-electron chi connectivity index (χ0n) is 23.9. The number of benzene rings is 6. The highest BCUT2D eigenvalue weighted by atomic mass is 32.1. The lowest BCUT2D eigenvalue weighted by atomic mass is 10.1. The first-order valence-corrected chi connectivity index (χ1v) is 15.8. The normalized spacial score (nSPS) is 12.0. The van der Waals surface area contributed by atoms with Gasteiger partial charge in [-0.2, -0.15) is 0 Å². The molecule has 0 N–H and O–H groups in total. The van der Waals surface area contributed by atoms with Crippen LogP contribution < -0.4 is 0 Å². The van der Waals surface area contributed by atoms with Gasteiger partial charge in [0.2, 0.25) is 0 Å². The van der Waals surface area contributed by atoms with Crippen molar-refractivity contribution in [2.24, 2.45) is 0 Å². The molecule has 0 saturated heterocycles. The molecule has 0 fully saturated rings. The van der Waals surface area contributed by atoms with E-state index in [1.54, 1.807) is 11.3 Å². The van der Waals surface area contributed by atoms with E-state index in [0.29, 0.717) is 5.82 Å². The summed E-state index contributed by atoms with van der Waals surface area (Å²) in [6.45, 7) is 0. The lowest BCUT2D eigenvalue weighted by Crippen LogP contribution is -2.02. The van der Waals surface area contributed by atoms with Gasteiger partial charge in [0.1, 0.15) is 17.0 Å². The fourth-order valence-corrected chi connectivity index (χ4v) is 7.99. The van der Waals surface area contributed by atoms with Crippen molar-refractivity contribution in [3.05, 3.63) is 140 Å². The van der Waals surface area contributed by atoms with Crippen LogP contribution in [0.25, 0.3) is 92.4 Å². The average Bonchev–Trinajstić information content (AvgIpc) is 3.76. The average molecular weight is 594 g/mol. The molecule has 4 aromatic heterocycles. The summed E-state index contributed by atoms with van der Waals surface area (Å²) in [4.78, 5) is 10.6. The Bertz CT molecular complexity index is 2770. The van der Waals surface area contributed by atoms with Gasteiger partial charge in [0.05, 0.1) is 16.7 Å². The van der Waals surface area contributed by atoms with Crippen molar-refractivity contribution in [3.63, 3.8) is 0 Å². The second-order valence-electron chi connectivity index (χ2n) is 11.4. The number of rotatable bonds is 3. The number of para-hydroxylation sites is 2. The Balaban J connectivity index is 1.31. The van der Waals surface area contributed by atoms with Gasteiger partial charge in [-0.05, 0) is 36.4 Å². The Morgan fingerprint density at radius 3 is 2.18 bits per heavy atom. The van der Waals surface area contributed by atoms with Gasteiger partial charge in [-0.15, -0.1) is 11.3 Å². The molecule has 6 aromatic carbocycles. The molecule has 10 rings (SSSR count). The summed E-state index contributed by atoms with van der Waals surface area (Å²) in [6.07, 6.45) is 0. The van der Waals surface area contributed by atoms with E-state index in [4.69, 9.17) is 14.4 Å². The van der Waals surface area contributed by atoms with Gasteiger partial charge in [-0.1, -0.05) is 97.1 Å². The van der Waals surface area contributed by atoms with E-state index in [0.717, 1.165) is 66.4 Å². The first-order chi connectivity index (χ1) is 22.3. The van der Waals surface area contributed by atoms with Crippen LogP contribution >= 0.6 is 11.3 Å². The third-order valence-electron chi connectivity index (χ3n) is 8.83. The molecule has 0 bridgehead atoms. The predicted octanol–water partition coefficient (Wildman–Crippen LogP) is 11.2. The van der Waals surface area contributed by atoms with Crippen LogP contribution in [0, 0.1) is 0 Å². The van der Waals surface area contributed by atoms with E-state index in [1.165, 1.54) is 20.2 Å². The summed E-state index contributed by atoms with van der Waals surface area (Å²) < 4.78 is 11.1. The van der Waals surface area contributed by atoms with Crippen LogP contribution in [-0.2, 0) is 0 Å². The van der Waals surface area contributed by atoms with Gasteiger partial charge >= 0.3 is 0 Å². The van der Waals surface area contributed by atoms with Crippen LogP contribution in [-0.4, -0.2) is 14.5 Å². The third-order valence-corrected chi connectivity index (χ3v) is 10.0. The van der Waals surface area contributed by atoms with Gasteiger partial charge in [-0.3, -0.25) is 4.57 Å². The molecule has 0 aliphatic carbocycles. The quantitative estimate of drug-likeness (QED) is 0.205. The van der Waals surface area contributed by atoms with Crippen LogP contribution in [0.1, 0.15) is 0 Å². The molecule has 0 unspecified atom stereocenters. The number of hydrogen-bond donors (Lipinski definition) is 0. The second-order valence-corrected chi connectivity index (χ2v) is 12.4. The van der Waals surface area contributed by atoms with Crippen LogP contribution in [0.4, 0.5) is 0 Å². The number of nitrogens with zero attached hydrogens (tertiary/aromatic N) is 3. The third kappa shape index (κ3) is 3.65. The second kappa shape index (κ2) is 9.36. The molecule has 210 valence electrons. The van der Waals surface area contributed by atoms with Crippen molar-refractivity contribution < 1.29 is 4.42 Å². The molecule has 0 atom stereocenters. The van der Waals surface area contributed by atoms with Crippen molar-refractivity contribution in [1.82, 2.24) is 14.5 Å². The topological polar surface area (TPSA) is 43.9 Å². The molecule has 5 heteroatoms. The van der Waals surface area contributed by atoms with Gasteiger partial charge < -0.3 is 4.42 Å². The number of thiophene rings is 1. The SMILES string of the molecule is c1ccc(-c2cc(-n3c4ccccc4c4cc5oc6ccccc6c5cc43)nc(-c3cccc4c3sc3ccccc34)n2)cc1. The largest absolute Gasteiger partial charge is 0.456 e. The highest BCUT2D eigenvalue weighted by Gasteiger charge is 2.20. The van der Waals surface area contributed by atoms with E-state index in [9.17, 15) is 0 Å². The number of fused-ring (bicyclic) bond motifs is 9. The minimum Gasteiger partial charge on any atom is -0.456 e. The smallest absolute Gasteiger partial charge is 0.163 e. The molecule has 0 radical (unpaired) electrons. The fraction of sp³-hybridized carbons (Fsp3) is 0. The molecule has 45 heavy (non-hydrogen) atoms. The Morgan fingerprint density at radius 1 is 0.511 bits per heavy atom. The fourth-order valence-electron chi connectivity index (χ4n) is 6.78. The molecular formula is C40H23N3OS. The zero-order chi connectivity index (χ0) is 29.5. The summed E-state index contributed by atoms with van der Waals surface area (Å²) in [5.74, 6) is 1.54. The van der Waals surface area contributed by atoms with Crippen LogP contribution in [0.3, 0.4) is 0 Å². The van der Waals surface area contributed by atoms with Crippen molar-refractivity contribution >= 4 is 75.3 Å². The van der Waals surface area contributed by atoms with E-state index in [-0.39, 0.29) is 0 Å². The summed E-state index contributed by atoms with van der Waals surface area (Å²) in [5, 5.41) is 6.98. The van der Waals surface area contributed by atoms with Crippen molar-refractivity contribution in [3.8, 4) is 28.5 Å². The predicted molar refractivity (Wildman–Crippen MR) is 187 cm³/mol. The van der Waals surface area contributed by atoms with Gasteiger partial charge in [0, 0.05) is 58.9 Å². The highest BCUT2D eigenvalue weighted by molar-refractivity contribution is 7.26. The van der Waals surface area contributed by atoms with Crippen molar-refractivity contribution in [2.45, 2.75) is 0 Å². The van der Waals surface area contributed by atoms with Crippen LogP contribution in [0.5, 0.6) is 0 Å². The van der Waals surface area contributed by atoms with E-state index in [1.807, 2.05) is 18.2 Å². The minimum absolute atomic E-state index is 0.712. The summed E-state index contributed by atoms with van der Waals surface area (Å²) in [6, 6.07) is 48.8. The molecule has 0 saturated carbocycles. The van der Waals surface area contributed by atoms with Gasteiger partial charge in [-0.25, -0.2) is 9.97 Å². The summed E-state index contributed by atoms with van der Waals surface area (Å²) in [5.41, 5.74) is 6.92. The van der Waals surface area contributed by atoms with Crippen LogP contribution in [0.2, 0.25) is 0 Å². The molecule has 10 aromatic rings. The van der Waals surface area contributed by atoms with Gasteiger partial charge in [0.15, 0.2) is 5.82 Å². The minimum atomic E-state index is 0.712. The van der Waals surface area contributed by atoms with E-state index >= 15 is 0 Å². The number of aromatic nitrogens is 3. The zero-order valence-corrected chi connectivity index (χ0v) is 24.8. The molecule has 0 aliphatic rings. The Kier molecular flexibility index (Phi) is 5.12. The molecular weight excluding hydrogens is 571 g/mol. The maximum atomic E-state index is 6.31. The first-order valence-electron chi connectivity index (χ1n) is 15.0. The molecule has 4 nitrogen and oxygen atoms in total. The standard InChI is InChI=1S/C40H23N3OS/c1-2-11-24(12-3-1)32-23-38(42-40(41-32)29-17-10-16-28-27-15-6-9-20-37(27)45-39(28)29)43-33-18-7-4-13-25(33)30-22-36-31(21-34(30)43)26-14-5-8-19-35(26)44-36/h1-23H. The lowest BCUT2D eigenvalue weighted by Gasteiger charge is -2.12. The van der Waals surface area contributed by atoms with Crippen LogP contribution in [0.15, 0.2) is 144 Å². The molecule has 0 amide bonds. The summed E-state index contributed by atoms with van der Waals surface area (Å²) >= 11 is 1.80. The highest BCUT2D eigenvalue weighted by Crippen LogP contribution is 2.41. The number of hydrogen-bond acceptors (Lipinski definition) is 4. The molecule has 4 heterocycles. The monoisotopic (exact) mass is 593 g/mol. The van der Waals surface area contributed by atoms with E-state index in [2.05, 4.69) is 126 Å². The van der Waals surface area contributed by atoms with Crippen molar-refractivity contribution in [2.75, 3.05) is 0 Å².